The SMILES string of the molecule is Cc1csc(CCC(=O)O)c1Br. The second-order valence-corrected chi connectivity index (χ2v) is 4.31. The molecule has 0 amide bonds. The van der Waals surface area contributed by atoms with Gasteiger partial charge in [0.25, 0.3) is 0 Å². The molecule has 0 aromatic carbocycles. The van der Waals surface area contributed by atoms with Gasteiger partial charge in [0.1, 0.15) is 0 Å². The summed E-state index contributed by atoms with van der Waals surface area (Å²) in [6.45, 7) is 2.00. The summed E-state index contributed by atoms with van der Waals surface area (Å²) in [5.74, 6) is -0.743. The summed E-state index contributed by atoms with van der Waals surface area (Å²) in [7, 11) is 0. The zero-order valence-electron chi connectivity index (χ0n) is 6.63. The lowest BCUT2D eigenvalue weighted by molar-refractivity contribution is -0.136. The molecule has 1 aromatic rings. The highest BCUT2D eigenvalue weighted by atomic mass is 79.9. The first-order chi connectivity index (χ1) is 5.61. The van der Waals surface area contributed by atoms with Crippen molar-refractivity contribution in [3.63, 3.8) is 0 Å². The van der Waals surface area contributed by atoms with Crippen molar-refractivity contribution < 1.29 is 9.90 Å². The van der Waals surface area contributed by atoms with Crippen LogP contribution in [0, 0.1) is 6.92 Å². The van der Waals surface area contributed by atoms with Crippen molar-refractivity contribution in [2.24, 2.45) is 0 Å². The Kier molecular flexibility index (Phi) is 3.29. The molecule has 0 aliphatic rings. The molecule has 0 atom stereocenters. The topological polar surface area (TPSA) is 37.3 Å². The van der Waals surface area contributed by atoms with Crippen molar-refractivity contribution in [2.45, 2.75) is 19.8 Å². The summed E-state index contributed by atoms with van der Waals surface area (Å²) in [5, 5.41) is 10.5. The predicted octanol–water partition coefficient (Wildman–Crippen LogP) is 2.84. The van der Waals surface area contributed by atoms with Crippen LogP contribution >= 0.6 is 27.3 Å². The van der Waals surface area contributed by atoms with Crippen LogP contribution in [-0.4, -0.2) is 11.1 Å². The van der Waals surface area contributed by atoms with E-state index in [0.717, 1.165) is 9.35 Å². The molecule has 0 radical (unpaired) electrons. The maximum atomic E-state index is 10.3. The van der Waals surface area contributed by atoms with E-state index in [9.17, 15) is 4.79 Å². The Labute approximate surface area is 83.4 Å². The molecule has 0 aliphatic heterocycles. The van der Waals surface area contributed by atoms with Crippen LogP contribution < -0.4 is 0 Å². The Balaban J connectivity index is 2.63. The average Bonchev–Trinajstić information content (AvgIpc) is 2.30. The monoisotopic (exact) mass is 248 g/mol. The van der Waals surface area contributed by atoms with Gasteiger partial charge in [-0.3, -0.25) is 4.79 Å². The van der Waals surface area contributed by atoms with E-state index >= 15 is 0 Å². The van der Waals surface area contributed by atoms with Gasteiger partial charge in [-0.1, -0.05) is 0 Å². The van der Waals surface area contributed by atoms with Gasteiger partial charge < -0.3 is 5.11 Å². The second-order valence-electron chi connectivity index (χ2n) is 2.55. The molecule has 2 nitrogen and oxygen atoms in total. The number of hydrogen-bond acceptors (Lipinski definition) is 2. The molecule has 1 aromatic heterocycles. The summed E-state index contributed by atoms with van der Waals surface area (Å²) in [5.41, 5.74) is 1.18. The van der Waals surface area contributed by atoms with Crippen molar-refractivity contribution in [1.82, 2.24) is 0 Å². The number of hydrogen-bond donors (Lipinski definition) is 1. The lowest BCUT2D eigenvalue weighted by atomic mass is 10.2. The third kappa shape index (κ3) is 2.32. The predicted molar refractivity (Wildman–Crippen MR) is 52.7 cm³/mol. The number of carboxylic acid groups (broad SMARTS) is 1. The molecular weight excluding hydrogens is 240 g/mol. The normalized spacial score (nSPS) is 10.2. The van der Waals surface area contributed by atoms with Gasteiger partial charge >= 0.3 is 5.97 Å². The van der Waals surface area contributed by atoms with Gasteiger partial charge in [-0.25, -0.2) is 0 Å². The summed E-state index contributed by atoms with van der Waals surface area (Å²) in [6, 6.07) is 0. The molecule has 12 heavy (non-hydrogen) atoms. The summed E-state index contributed by atoms with van der Waals surface area (Å²) < 4.78 is 1.06. The molecule has 66 valence electrons. The Hall–Kier alpha value is -0.350. The molecule has 0 fully saturated rings. The Morgan fingerprint density at radius 1 is 1.75 bits per heavy atom. The van der Waals surface area contributed by atoms with Crippen molar-refractivity contribution in [3.05, 3.63) is 20.3 Å². The lowest BCUT2D eigenvalue weighted by Gasteiger charge is -1.94. The van der Waals surface area contributed by atoms with E-state index in [-0.39, 0.29) is 6.42 Å². The van der Waals surface area contributed by atoms with Crippen LogP contribution in [0.3, 0.4) is 0 Å². The molecule has 4 heteroatoms. The molecule has 0 aliphatic carbocycles. The van der Waals surface area contributed by atoms with Gasteiger partial charge in [-0.05, 0) is 40.2 Å². The van der Waals surface area contributed by atoms with Gasteiger partial charge in [-0.15, -0.1) is 11.3 Å². The quantitative estimate of drug-likeness (QED) is 0.894. The van der Waals surface area contributed by atoms with E-state index in [1.54, 1.807) is 11.3 Å². The smallest absolute Gasteiger partial charge is 0.303 e. The zero-order valence-corrected chi connectivity index (χ0v) is 9.04. The van der Waals surface area contributed by atoms with Crippen LogP contribution in [0.15, 0.2) is 9.85 Å². The first-order valence-corrected chi connectivity index (χ1v) is 5.22. The number of carboxylic acids is 1. The van der Waals surface area contributed by atoms with Crippen LogP contribution in [0.1, 0.15) is 16.9 Å². The van der Waals surface area contributed by atoms with Crippen LogP contribution in [0.25, 0.3) is 0 Å². The van der Waals surface area contributed by atoms with Crippen LogP contribution in [0.5, 0.6) is 0 Å². The van der Waals surface area contributed by atoms with Crippen molar-refractivity contribution in [2.75, 3.05) is 0 Å². The maximum Gasteiger partial charge on any atom is 0.303 e. The zero-order chi connectivity index (χ0) is 9.14. The molecule has 0 unspecified atom stereocenters. The van der Waals surface area contributed by atoms with Crippen LogP contribution in [0.2, 0.25) is 0 Å². The van der Waals surface area contributed by atoms with Gasteiger partial charge in [-0.2, -0.15) is 0 Å². The van der Waals surface area contributed by atoms with Crippen molar-refractivity contribution >= 4 is 33.2 Å². The number of aryl methyl sites for hydroxylation is 2. The number of rotatable bonds is 3. The van der Waals surface area contributed by atoms with Gasteiger partial charge in [0.05, 0.1) is 6.42 Å². The van der Waals surface area contributed by atoms with Crippen LogP contribution in [-0.2, 0) is 11.2 Å². The third-order valence-electron chi connectivity index (χ3n) is 1.53. The second kappa shape index (κ2) is 4.05. The standard InChI is InChI=1S/C8H9BrO2S/c1-5-4-12-6(8(5)9)2-3-7(10)11/h4H,2-3H2,1H3,(H,10,11). The fraction of sp³-hybridized carbons (Fsp3) is 0.375. The van der Waals surface area contributed by atoms with E-state index in [1.807, 2.05) is 12.3 Å². The van der Waals surface area contributed by atoms with Gasteiger partial charge in [0.15, 0.2) is 0 Å². The lowest BCUT2D eigenvalue weighted by Crippen LogP contribution is -1.96. The van der Waals surface area contributed by atoms with Gasteiger partial charge in [0.2, 0.25) is 0 Å². The van der Waals surface area contributed by atoms with E-state index < -0.39 is 5.97 Å². The first-order valence-electron chi connectivity index (χ1n) is 3.55. The van der Waals surface area contributed by atoms with E-state index in [4.69, 9.17) is 5.11 Å². The highest BCUT2D eigenvalue weighted by Gasteiger charge is 2.06. The number of halogens is 1. The highest BCUT2D eigenvalue weighted by molar-refractivity contribution is 9.10. The molecule has 0 saturated heterocycles. The summed E-state index contributed by atoms with van der Waals surface area (Å²) >= 11 is 5.03. The Morgan fingerprint density at radius 2 is 2.42 bits per heavy atom. The molecule has 1 N–H and O–H groups in total. The van der Waals surface area contributed by atoms with Crippen molar-refractivity contribution in [1.29, 1.82) is 0 Å². The molecule has 1 rings (SSSR count). The summed E-state index contributed by atoms with van der Waals surface area (Å²) in [4.78, 5) is 11.4. The third-order valence-corrected chi connectivity index (χ3v) is 4.07. The minimum absolute atomic E-state index is 0.207. The largest absolute Gasteiger partial charge is 0.481 e. The van der Waals surface area contributed by atoms with Crippen molar-refractivity contribution in [3.8, 4) is 0 Å². The van der Waals surface area contributed by atoms with E-state index in [2.05, 4.69) is 15.9 Å². The average molecular weight is 249 g/mol. The molecule has 1 heterocycles. The number of aliphatic carboxylic acids is 1. The molecule has 0 spiro atoms. The van der Waals surface area contributed by atoms with E-state index in [1.165, 1.54) is 5.56 Å². The van der Waals surface area contributed by atoms with Crippen LogP contribution in [0.4, 0.5) is 0 Å². The minimum Gasteiger partial charge on any atom is -0.481 e. The Morgan fingerprint density at radius 3 is 2.83 bits per heavy atom. The Bertz CT molecular complexity index is 293. The minimum atomic E-state index is -0.743. The summed E-state index contributed by atoms with van der Waals surface area (Å²) in [6.07, 6.45) is 0.826. The van der Waals surface area contributed by atoms with E-state index in [0.29, 0.717) is 6.42 Å². The fourth-order valence-electron chi connectivity index (χ4n) is 0.872. The van der Waals surface area contributed by atoms with Gasteiger partial charge in [0, 0.05) is 9.35 Å². The number of thiophene rings is 1. The molecular formula is C8H9BrO2S. The number of carbonyl (C=O) groups is 1. The maximum absolute atomic E-state index is 10.3. The highest BCUT2D eigenvalue weighted by Crippen LogP contribution is 2.28. The molecule has 0 saturated carbocycles. The first kappa shape index (κ1) is 9.74. The fourth-order valence-corrected chi connectivity index (χ4v) is 2.54. The molecule has 0 bridgehead atoms.